The highest BCUT2D eigenvalue weighted by Gasteiger charge is 1.98. The minimum absolute atomic E-state index is 0.827. The molecule has 1 nitrogen and oxygen atoms in total. The number of nitrogens with two attached hydrogens (primary N) is 1. The van der Waals surface area contributed by atoms with E-state index in [0.717, 1.165) is 18.6 Å². The van der Waals surface area contributed by atoms with Gasteiger partial charge in [-0.25, -0.2) is 0 Å². The Hall–Kier alpha value is -0.300. The molecule has 0 radical (unpaired) electrons. The lowest BCUT2D eigenvalue weighted by Crippen LogP contribution is -2.39. The van der Waals surface area contributed by atoms with E-state index in [4.69, 9.17) is 17.0 Å². The Morgan fingerprint density at radius 1 is 1.45 bits per heavy atom. The van der Waals surface area contributed by atoms with Gasteiger partial charge in [0.05, 0.1) is 0 Å². The summed E-state index contributed by atoms with van der Waals surface area (Å²) in [6, 6.07) is 0. The van der Waals surface area contributed by atoms with Crippen molar-refractivity contribution in [2.24, 2.45) is 0 Å². The molecule has 0 bridgehead atoms. The highest BCUT2D eigenvalue weighted by Crippen LogP contribution is 2.00. The monoisotopic (exact) mass is 174 g/mol. The molecular weight excluding hydrogens is 158 g/mol. The van der Waals surface area contributed by atoms with E-state index in [1.54, 1.807) is 0 Å². The maximum Gasteiger partial charge on any atom is 0.152 e. The summed E-state index contributed by atoms with van der Waals surface area (Å²) < 4.78 is 0. The third-order valence-corrected chi connectivity index (χ3v) is 1.75. The van der Waals surface area contributed by atoms with Crippen LogP contribution < -0.4 is 5.41 Å². The van der Waals surface area contributed by atoms with Crippen LogP contribution in [0, 0.1) is 0 Å². The first kappa shape index (κ1) is 10.7. The number of unbranched alkanes of at least 4 members (excludes halogenated alkanes) is 2. The summed E-state index contributed by atoms with van der Waals surface area (Å²) in [6.07, 6.45) is 7.47. The molecule has 0 rings (SSSR count). The smallest absolute Gasteiger partial charge is 0.152 e. The molecule has 0 amide bonds. The van der Waals surface area contributed by atoms with Gasteiger partial charge in [-0.15, -0.1) is 0 Å². The van der Waals surface area contributed by atoms with E-state index in [9.17, 15) is 0 Å². The van der Waals surface area contributed by atoms with Gasteiger partial charge in [0, 0.05) is 18.4 Å². The van der Waals surface area contributed by atoms with Crippen LogP contribution in [0.2, 0.25) is 0 Å². The fourth-order valence-electron chi connectivity index (χ4n) is 0.900. The number of hydrogen-bond acceptors (Lipinski definition) is 0. The molecule has 64 valence electrons. The second-order valence-corrected chi connectivity index (χ2v) is 2.93. The Labute approximate surface area is 74.0 Å². The minimum atomic E-state index is 0.827. The molecule has 0 unspecified atom stereocenters. The topological polar surface area (TPSA) is 25.6 Å². The molecule has 0 aliphatic heterocycles. The lowest BCUT2D eigenvalue weighted by molar-refractivity contribution is -0.118. The zero-order valence-corrected chi connectivity index (χ0v) is 7.90. The standard InChI is InChI=1S/C9H16ClN/c1-2-3-4-6-9(11)7-5-8-10/h5,8,11H,2-4,6-7H2,1H3/p+1. The van der Waals surface area contributed by atoms with Crippen LogP contribution in [0.4, 0.5) is 0 Å². The predicted octanol–water partition coefficient (Wildman–Crippen LogP) is 1.91. The Morgan fingerprint density at radius 3 is 2.73 bits per heavy atom. The maximum atomic E-state index is 5.71. The van der Waals surface area contributed by atoms with Crippen LogP contribution in [-0.4, -0.2) is 5.71 Å². The first-order valence-corrected chi connectivity index (χ1v) is 4.60. The van der Waals surface area contributed by atoms with Crippen molar-refractivity contribution in [3.8, 4) is 0 Å². The Morgan fingerprint density at radius 2 is 2.18 bits per heavy atom. The van der Waals surface area contributed by atoms with E-state index in [-0.39, 0.29) is 0 Å². The molecule has 0 spiro atoms. The van der Waals surface area contributed by atoms with Crippen LogP contribution in [0.1, 0.15) is 39.0 Å². The van der Waals surface area contributed by atoms with Crippen LogP contribution in [0.15, 0.2) is 11.6 Å². The lowest BCUT2D eigenvalue weighted by atomic mass is 10.1. The van der Waals surface area contributed by atoms with Crippen LogP contribution in [0.25, 0.3) is 0 Å². The molecule has 0 atom stereocenters. The molecule has 2 heteroatoms. The zero-order chi connectivity index (χ0) is 8.53. The highest BCUT2D eigenvalue weighted by molar-refractivity contribution is 6.25. The quantitative estimate of drug-likeness (QED) is 0.470. The van der Waals surface area contributed by atoms with Crippen molar-refractivity contribution in [1.29, 1.82) is 0 Å². The summed E-state index contributed by atoms with van der Waals surface area (Å²) in [5.74, 6) is 0. The fourth-order valence-corrected chi connectivity index (χ4v) is 0.989. The van der Waals surface area contributed by atoms with E-state index in [1.807, 2.05) is 6.08 Å². The molecule has 0 aliphatic carbocycles. The molecule has 0 aromatic carbocycles. The van der Waals surface area contributed by atoms with Crippen LogP contribution >= 0.6 is 11.6 Å². The van der Waals surface area contributed by atoms with Crippen molar-refractivity contribution in [2.75, 3.05) is 0 Å². The summed E-state index contributed by atoms with van der Waals surface area (Å²) in [7, 11) is 0. The average Bonchev–Trinajstić information content (AvgIpc) is 2.01. The van der Waals surface area contributed by atoms with Crippen molar-refractivity contribution < 1.29 is 5.41 Å². The van der Waals surface area contributed by atoms with Gasteiger partial charge in [-0.05, 0) is 6.42 Å². The number of allylic oxidation sites excluding steroid dienone is 1. The van der Waals surface area contributed by atoms with E-state index in [2.05, 4.69) is 6.92 Å². The van der Waals surface area contributed by atoms with Gasteiger partial charge >= 0.3 is 0 Å². The van der Waals surface area contributed by atoms with Crippen molar-refractivity contribution >= 4 is 17.3 Å². The normalized spacial score (nSPS) is 10.7. The second kappa shape index (κ2) is 7.80. The van der Waals surface area contributed by atoms with E-state index < -0.39 is 0 Å². The van der Waals surface area contributed by atoms with Crippen molar-refractivity contribution in [1.82, 2.24) is 0 Å². The Balaban J connectivity index is 3.23. The molecule has 0 saturated heterocycles. The number of hydrogen-bond donors (Lipinski definition) is 1. The largest absolute Gasteiger partial charge is 0.261 e. The average molecular weight is 175 g/mol. The van der Waals surface area contributed by atoms with E-state index in [0.29, 0.717) is 0 Å². The molecule has 0 saturated carbocycles. The van der Waals surface area contributed by atoms with Gasteiger partial charge < -0.3 is 0 Å². The van der Waals surface area contributed by atoms with Gasteiger partial charge in [0.15, 0.2) is 5.71 Å². The van der Waals surface area contributed by atoms with Gasteiger partial charge in [-0.1, -0.05) is 37.4 Å². The van der Waals surface area contributed by atoms with Gasteiger partial charge in [0.1, 0.15) is 0 Å². The summed E-state index contributed by atoms with van der Waals surface area (Å²) in [5, 5.41) is 5.71. The lowest BCUT2D eigenvalue weighted by Gasteiger charge is -1.93. The molecule has 0 aromatic rings. The van der Waals surface area contributed by atoms with Gasteiger partial charge in [0.25, 0.3) is 0 Å². The first-order chi connectivity index (χ1) is 5.31. The van der Waals surface area contributed by atoms with Crippen LogP contribution in [0.3, 0.4) is 0 Å². The second-order valence-electron chi connectivity index (χ2n) is 2.68. The molecule has 0 aliphatic rings. The summed E-state index contributed by atoms with van der Waals surface area (Å²) in [4.78, 5) is 0. The van der Waals surface area contributed by atoms with Gasteiger partial charge in [-0.2, -0.15) is 0 Å². The van der Waals surface area contributed by atoms with Crippen molar-refractivity contribution in [3.63, 3.8) is 0 Å². The maximum absolute atomic E-state index is 5.71. The molecular formula is C9H17ClN+. The number of rotatable bonds is 6. The van der Waals surface area contributed by atoms with Crippen LogP contribution in [-0.2, 0) is 0 Å². The van der Waals surface area contributed by atoms with E-state index >= 15 is 0 Å². The number of halogens is 1. The van der Waals surface area contributed by atoms with E-state index in [1.165, 1.54) is 24.8 Å². The zero-order valence-electron chi connectivity index (χ0n) is 7.15. The Kier molecular flexibility index (Phi) is 7.59. The minimum Gasteiger partial charge on any atom is -0.261 e. The third-order valence-electron chi connectivity index (χ3n) is 1.57. The SMILES string of the molecule is CCCCCC(=[NH2+])CC=CCl. The molecule has 0 fully saturated rings. The summed E-state index contributed by atoms with van der Waals surface area (Å²) in [5.41, 5.74) is 2.56. The summed E-state index contributed by atoms with van der Waals surface area (Å²) in [6.45, 7) is 2.19. The van der Waals surface area contributed by atoms with Crippen molar-refractivity contribution in [3.05, 3.63) is 11.6 Å². The van der Waals surface area contributed by atoms with Gasteiger partial charge in [-0.3, -0.25) is 5.41 Å². The first-order valence-electron chi connectivity index (χ1n) is 4.16. The highest BCUT2D eigenvalue weighted by atomic mass is 35.5. The van der Waals surface area contributed by atoms with Crippen molar-refractivity contribution in [2.45, 2.75) is 39.0 Å². The molecule has 2 N–H and O–H groups in total. The fraction of sp³-hybridized carbons (Fsp3) is 0.667. The predicted molar refractivity (Wildman–Crippen MR) is 50.7 cm³/mol. The van der Waals surface area contributed by atoms with Crippen LogP contribution in [0.5, 0.6) is 0 Å². The Bertz CT molecular complexity index is 130. The summed E-state index contributed by atoms with van der Waals surface area (Å²) >= 11 is 5.36. The third kappa shape index (κ3) is 7.60. The van der Waals surface area contributed by atoms with Gasteiger partial charge in [0.2, 0.25) is 0 Å². The molecule has 11 heavy (non-hydrogen) atoms. The molecule has 0 heterocycles. The molecule has 0 aromatic heterocycles.